The molecule has 0 bridgehead atoms. The van der Waals surface area contributed by atoms with E-state index in [2.05, 4.69) is 63.1 Å². The van der Waals surface area contributed by atoms with Gasteiger partial charge >= 0.3 is 5.97 Å². The Balaban J connectivity index is 0.000000368. The molecule has 0 saturated carbocycles. The van der Waals surface area contributed by atoms with E-state index < -0.39 is 5.97 Å². The van der Waals surface area contributed by atoms with Gasteiger partial charge in [-0.2, -0.15) is 0 Å². The lowest BCUT2D eigenvalue weighted by Gasteiger charge is -1.96. The van der Waals surface area contributed by atoms with Crippen LogP contribution in [0.3, 0.4) is 0 Å². The molecular weight excluding hydrogens is 308 g/mol. The first-order chi connectivity index (χ1) is 12.1. The maximum absolute atomic E-state index is 9.25. The monoisotopic (exact) mass is 334 g/mol. The first-order valence-electron chi connectivity index (χ1n) is 7.99. The highest BCUT2D eigenvalue weighted by Crippen LogP contribution is 2.10. The Labute approximate surface area is 151 Å². The van der Waals surface area contributed by atoms with Gasteiger partial charge in [0, 0.05) is 6.08 Å². The average molecular weight is 334 g/mol. The van der Waals surface area contributed by atoms with E-state index in [9.17, 15) is 4.79 Å². The summed E-state index contributed by atoms with van der Waals surface area (Å²) >= 11 is 0. The lowest BCUT2D eigenvalue weighted by molar-refractivity contribution is -0.131. The summed E-state index contributed by atoms with van der Waals surface area (Å²) in [5, 5.41) is 7.60. The van der Waals surface area contributed by atoms with Crippen molar-refractivity contribution in [3.05, 3.63) is 103 Å². The smallest absolute Gasteiger partial charge is 0.327 e. The molecule has 0 amide bonds. The number of benzene rings is 2. The van der Waals surface area contributed by atoms with Crippen LogP contribution in [-0.2, 0) is 4.79 Å². The molecule has 0 heterocycles. The van der Waals surface area contributed by atoms with Gasteiger partial charge in [-0.25, -0.2) is 4.79 Å². The van der Waals surface area contributed by atoms with E-state index in [1.807, 2.05) is 42.5 Å². The summed E-state index contributed by atoms with van der Waals surface area (Å²) < 4.78 is 0. The number of carboxylic acids is 1. The third-order valence-electron chi connectivity index (χ3n) is 2.96. The fourth-order valence-corrected chi connectivity index (χ4v) is 1.70. The van der Waals surface area contributed by atoms with Crippen LogP contribution in [0.2, 0.25) is 0 Å². The molecule has 0 aliphatic carbocycles. The molecule has 2 nitrogen and oxygen atoms in total. The van der Waals surface area contributed by atoms with Crippen LogP contribution in [0, 0.1) is 0 Å². The van der Waals surface area contributed by atoms with Crippen LogP contribution in [0.1, 0.15) is 30.0 Å². The molecule has 0 fully saturated rings. The van der Waals surface area contributed by atoms with Gasteiger partial charge < -0.3 is 5.11 Å². The topological polar surface area (TPSA) is 37.3 Å². The molecule has 0 spiro atoms. The van der Waals surface area contributed by atoms with Gasteiger partial charge in [0.25, 0.3) is 0 Å². The summed E-state index contributed by atoms with van der Waals surface area (Å²) in [7, 11) is 0. The fraction of sp³-hybridized carbons (Fsp3) is 0.0870. The van der Waals surface area contributed by atoms with E-state index in [1.165, 1.54) is 5.56 Å². The standard InChI is InChI=1S/C10H10.C10H12.C3H4O2/c1-3-9-7-5-6-8-10(9)4-2;1-2-3-7-10-8-5-4-6-9-10;1-2-3(4)5/h3-8H,1-2H2;3-9H,2H2,1H3;2H,1H2,(H,4,5). The highest BCUT2D eigenvalue weighted by atomic mass is 16.4. The molecule has 0 radical (unpaired) electrons. The van der Waals surface area contributed by atoms with Gasteiger partial charge in [0.2, 0.25) is 0 Å². The van der Waals surface area contributed by atoms with Crippen molar-refractivity contribution in [1.29, 1.82) is 0 Å². The summed E-state index contributed by atoms with van der Waals surface area (Å²) in [5.41, 5.74) is 3.55. The Morgan fingerprint density at radius 2 is 1.36 bits per heavy atom. The van der Waals surface area contributed by atoms with Crippen LogP contribution >= 0.6 is 0 Å². The molecule has 130 valence electrons. The zero-order valence-corrected chi connectivity index (χ0v) is 14.8. The second-order valence-corrected chi connectivity index (χ2v) is 4.80. The molecule has 0 unspecified atom stereocenters. The fourth-order valence-electron chi connectivity index (χ4n) is 1.70. The number of rotatable bonds is 5. The van der Waals surface area contributed by atoms with E-state index in [-0.39, 0.29) is 0 Å². The highest BCUT2D eigenvalue weighted by Gasteiger charge is 1.89. The minimum atomic E-state index is -0.981. The van der Waals surface area contributed by atoms with Crippen LogP contribution in [0.4, 0.5) is 0 Å². The van der Waals surface area contributed by atoms with Crippen LogP contribution in [0.15, 0.2) is 86.5 Å². The van der Waals surface area contributed by atoms with Gasteiger partial charge in [-0.3, -0.25) is 0 Å². The second kappa shape index (κ2) is 14.5. The molecule has 2 aromatic carbocycles. The number of carboxylic acid groups (broad SMARTS) is 1. The van der Waals surface area contributed by atoms with Crippen molar-refractivity contribution < 1.29 is 9.90 Å². The lowest BCUT2D eigenvalue weighted by Crippen LogP contribution is -1.82. The van der Waals surface area contributed by atoms with E-state index in [0.717, 1.165) is 23.6 Å². The molecule has 0 atom stereocenters. The summed E-state index contributed by atoms with van der Waals surface area (Å²) in [6, 6.07) is 18.4. The van der Waals surface area contributed by atoms with Gasteiger partial charge in [0.05, 0.1) is 0 Å². The van der Waals surface area contributed by atoms with Crippen molar-refractivity contribution in [2.24, 2.45) is 0 Å². The molecule has 2 heteroatoms. The minimum Gasteiger partial charge on any atom is -0.478 e. The van der Waals surface area contributed by atoms with E-state index in [1.54, 1.807) is 0 Å². The van der Waals surface area contributed by atoms with E-state index >= 15 is 0 Å². The SMILES string of the molecule is C=CC(=O)O.C=Cc1ccccc1C=C.CCC=Cc1ccccc1. The molecule has 2 rings (SSSR count). The third-order valence-corrected chi connectivity index (χ3v) is 2.96. The number of carbonyl (C=O) groups is 1. The molecular formula is C23H26O2. The minimum absolute atomic E-state index is 0.833. The summed E-state index contributed by atoms with van der Waals surface area (Å²) in [4.78, 5) is 9.25. The Bertz CT molecular complexity index is 655. The zero-order chi connectivity index (χ0) is 18.9. The maximum atomic E-state index is 9.25. The van der Waals surface area contributed by atoms with Gasteiger partial charge in [-0.1, -0.05) is 106 Å². The van der Waals surface area contributed by atoms with Crippen LogP contribution in [-0.4, -0.2) is 11.1 Å². The number of hydrogen-bond donors (Lipinski definition) is 1. The predicted octanol–water partition coefficient (Wildman–Crippen LogP) is 6.34. The molecule has 0 aliphatic rings. The maximum Gasteiger partial charge on any atom is 0.327 e. The van der Waals surface area contributed by atoms with Gasteiger partial charge in [-0.15, -0.1) is 0 Å². The number of hydrogen-bond acceptors (Lipinski definition) is 1. The molecule has 1 N–H and O–H groups in total. The van der Waals surface area contributed by atoms with Crippen LogP contribution in [0.5, 0.6) is 0 Å². The third kappa shape index (κ3) is 11.1. The zero-order valence-electron chi connectivity index (χ0n) is 14.8. The van der Waals surface area contributed by atoms with Crippen molar-refractivity contribution in [2.45, 2.75) is 13.3 Å². The van der Waals surface area contributed by atoms with Crippen molar-refractivity contribution >= 4 is 24.2 Å². The second-order valence-electron chi connectivity index (χ2n) is 4.80. The first kappa shape index (κ1) is 21.9. The van der Waals surface area contributed by atoms with Crippen LogP contribution < -0.4 is 0 Å². The summed E-state index contributed by atoms with van der Waals surface area (Å²) in [6.45, 7) is 12.5. The Morgan fingerprint density at radius 3 is 1.72 bits per heavy atom. The largest absolute Gasteiger partial charge is 0.478 e. The quantitative estimate of drug-likeness (QED) is 0.648. The summed E-state index contributed by atoms with van der Waals surface area (Å²) in [5.74, 6) is -0.981. The Morgan fingerprint density at radius 1 is 0.920 bits per heavy atom. The molecule has 25 heavy (non-hydrogen) atoms. The van der Waals surface area contributed by atoms with Crippen molar-refractivity contribution in [2.75, 3.05) is 0 Å². The lowest BCUT2D eigenvalue weighted by atomic mass is 10.1. The molecule has 0 aliphatic heterocycles. The first-order valence-corrected chi connectivity index (χ1v) is 7.99. The van der Waals surface area contributed by atoms with Crippen molar-refractivity contribution in [1.82, 2.24) is 0 Å². The molecule has 2 aromatic rings. The van der Waals surface area contributed by atoms with Crippen LogP contribution in [0.25, 0.3) is 18.2 Å². The van der Waals surface area contributed by atoms with E-state index in [4.69, 9.17) is 5.11 Å². The Kier molecular flexibility index (Phi) is 12.7. The Hall–Kier alpha value is -3.13. The molecule has 0 saturated heterocycles. The normalized spacial score (nSPS) is 9.00. The van der Waals surface area contributed by atoms with Gasteiger partial charge in [0.15, 0.2) is 0 Å². The average Bonchev–Trinajstić information content (AvgIpc) is 2.68. The highest BCUT2D eigenvalue weighted by molar-refractivity contribution is 5.78. The van der Waals surface area contributed by atoms with Crippen molar-refractivity contribution in [3.8, 4) is 0 Å². The number of allylic oxidation sites excluding steroid dienone is 1. The summed E-state index contributed by atoms with van der Waals surface area (Å²) in [6.07, 6.45) is 9.90. The molecule has 0 aromatic heterocycles. The van der Waals surface area contributed by atoms with E-state index in [0.29, 0.717) is 0 Å². The van der Waals surface area contributed by atoms with Crippen molar-refractivity contribution in [3.63, 3.8) is 0 Å². The van der Waals surface area contributed by atoms with Gasteiger partial charge in [0.1, 0.15) is 0 Å². The predicted molar refractivity (Wildman–Crippen MR) is 110 cm³/mol. The number of aliphatic carboxylic acids is 1. The van der Waals surface area contributed by atoms with Gasteiger partial charge in [-0.05, 0) is 23.1 Å².